The van der Waals surface area contributed by atoms with E-state index in [0.29, 0.717) is 0 Å². The van der Waals surface area contributed by atoms with Crippen molar-refractivity contribution in [1.29, 1.82) is 0 Å². The molecule has 0 atom stereocenters. The van der Waals surface area contributed by atoms with Crippen LogP contribution < -0.4 is 0 Å². The summed E-state index contributed by atoms with van der Waals surface area (Å²) in [5.41, 5.74) is 0. The Hall–Kier alpha value is -1.41. The first-order chi connectivity index (χ1) is 8.37. The summed E-state index contributed by atoms with van der Waals surface area (Å²) in [4.78, 5) is 22.2. The molecule has 0 saturated heterocycles. The van der Waals surface area contributed by atoms with Crippen LogP contribution in [-0.4, -0.2) is 57.2 Å². The number of hydrogen-bond acceptors (Lipinski definition) is 6. The van der Waals surface area contributed by atoms with E-state index in [-0.39, 0.29) is 13.2 Å². The first-order valence-electron chi connectivity index (χ1n) is 5.18. The Morgan fingerprint density at radius 3 is 2.39 bits per heavy atom. The van der Waals surface area contributed by atoms with Crippen molar-refractivity contribution >= 4 is 22.0 Å². The van der Waals surface area contributed by atoms with Crippen molar-refractivity contribution in [1.82, 2.24) is 4.31 Å². The molecular formula is C10H17NO6S. The van der Waals surface area contributed by atoms with Gasteiger partial charge in [-0.1, -0.05) is 6.08 Å². The summed E-state index contributed by atoms with van der Waals surface area (Å²) in [5.74, 6) is -2.41. The Balaban J connectivity index is 4.81. The maximum absolute atomic E-state index is 11.8. The molecule has 0 aliphatic heterocycles. The maximum atomic E-state index is 11.8. The molecule has 0 radical (unpaired) electrons. The fraction of sp³-hybridized carbons (Fsp3) is 0.600. The number of esters is 2. The molecule has 0 aromatic carbocycles. The van der Waals surface area contributed by atoms with Gasteiger partial charge in [-0.3, -0.25) is 9.59 Å². The molecule has 0 aliphatic carbocycles. The summed E-state index contributed by atoms with van der Waals surface area (Å²) in [6.07, 6.45) is 1.31. The Bertz CT molecular complexity index is 403. The average Bonchev–Trinajstić information content (AvgIpc) is 2.28. The zero-order chi connectivity index (χ0) is 14.2. The third-order valence-electron chi connectivity index (χ3n) is 1.86. The van der Waals surface area contributed by atoms with Crippen LogP contribution in [0, 0.1) is 0 Å². The van der Waals surface area contributed by atoms with Gasteiger partial charge in [0.1, 0.15) is 6.54 Å². The number of carbonyl (C=O) groups is 2. The third-order valence-corrected chi connectivity index (χ3v) is 3.53. The molecule has 104 valence electrons. The van der Waals surface area contributed by atoms with Crippen LogP contribution in [0.3, 0.4) is 0 Å². The summed E-state index contributed by atoms with van der Waals surface area (Å²) >= 11 is 0. The summed E-state index contributed by atoms with van der Waals surface area (Å²) in [6, 6.07) is 0. The van der Waals surface area contributed by atoms with Crippen molar-refractivity contribution in [3.8, 4) is 0 Å². The van der Waals surface area contributed by atoms with E-state index in [0.717, 1.165) is 11.4 Å². The lowest BCUT2D eigenvalue weighted by molar-refractivity contribution is -0.143. The predicted molar refractivity (Wildman–Crippen MR) is 64.2 cm³/mol. The van der Waals surface area contributed by atoms with Crippen molar-refractivity contribution in [3.05, 3.63) is 12.7 Å². The second-order valence-corrected chi connectivity index (χ2v) is 5.19. The van der Waals surface area contributed by atoms with Gasteiger partial charge in [0.2, 0.25) is 10.0 Å². The van der Waals surface area contributed by atoms with E-state index in [4.69, 9.17) is 0 Å². The van der Waals surface area contributed by atoms with Gasteiger partial charge in [0.15, 0.2) is 5.75 Å². The van der Waals surface area contributed by atoms with Gasteiger partial charge in [0.05, 0.1) is 13.7 Å². The quantitative estimate of drug-likeness (QED) is 0.441. The molecule has 0 N–H and O–H groups in total. The maximum Gasteiger partial charge on any atom is 0.322 e. The van der Waals surface area contributed by atoms with Crippen LogP contribution >= 0.6 is 0 Å². The zero-order valence-corrected chi connectivity index (χ0v) is 11.2. The van der Waals surface area contributed by atoms with Crippen LogP contribution in [0.2, 0.25) is 0 Å². The minimum atomic E-state index is -3.92. The fourth-order valence-electron chi connectivity index (χ4n) is 1.07. The number of nitrogens with zero attached hydrogens (tertiary/aromatic N) is 1. The predicted octanol–water partition coefficient (Wildman–Crippen LogP) is -0.460. The van der Waals surface area contributed by atoms with Crippen LogP contribution in [0.25, 0.3) is 0 Å². The average molecular weight is 279 g/mol. The number of carbonyl (C=O) groups excluding carboxylic acids is 2. The molecule has 0 aromatic rings. The van der Waals surface area contributed by atoms with Gasteiger partial charge < -0.3 is 9.47 Å². The fourth-order valence-corrected chi connectivity index (χ4v) is 2.30. The van der Waals surface area contributed by atoms with Crippen molar-refractivity contribution in [2.75, 3.05) is 32.6 Å². The molecular weight excluding hydrogens is 262 g/mol. The third kappa shape index (κ3) is 5.78. The van der Waals surface area contributed by atoms with Gasteiger partial charge in [-0.05, 0) is 6.92 Å². The van der Waals surface area contributed by atoms with E-state index < -0.39 is 34.3 Å². The highest BCUT2D eigenvalue weighted by Gasteiger charge is 2.27. The molecule has 0 amide bonds. The molecule has 0 aliphatic rings. The van der Waals surface area contributed by atoms with Gasteiger partial charge >= 0.3 is 11.9 Å². The number of rotatable bonds is 8. The SMILES string of the molecule is C=CCN(CC(=O)OCC)S(=O)(=O)CC(=O)OC. The van der Waals surface area contributed by atoms with E-state index in [1.807, 2.05) is 0 Å². The highest BCUT2D eigenvalue weighted by Crippen LogP contribution is 2.03. The van der Waals surface area contributed by atoms with Crippen molar-refractivity contribution < 1.29 is 27.5 Å². The number of methoxy groups -OCH3 is 1. The molecule has 8 heteroatoms. The van der Waals surface area contributed by atoms with Gasteiger partial charge in [-0.25, -0.2) is 8.42 Å². The molecule has 0 unspecified atom stereocenters. The van der Waals surface area contributed by atoms with E-state index >= 15 is 0 Å². The lowest BCUT2D eigenvalue weighted by Gasteiger charge is -2.18. The van der Waals surface area contributed by atoms with Crippen molar-refractivity contribution in [3.63, 3.8) is 0 Å². The highest BCUT2D eigenvalue weighted by atomic mass is 32.2. The lowest BCUT2D eigenvalue weighted by atomic mass is 10.5. The van der Waals surface area contributed by atoms with Crippen LogP contribution in [0.15, 0.2) is 12.7 Å². The van der Waals surface area contributed by atoms with Gasteiger partial charge in [-0.2, -0.15) is 4.31 Å². The van der Waals surface area contributed by atoms with E-state index in [1.165, 1.54) is 6.08 Å². The van der Waals surface area contributed by atoms with E-state index in [1.54, 1.807) is 6.92 Å². The molecule has 0 fully saturated rings. The monoisotopic (exact) mass is 279 g/mol. The van der Waals surface area contributed by atoms with Gasteiger partial charge in [0.25, 0.3) is 0 Å². The van der Waals surface area contributed by atoms with Crippen molar-refractivity contribution in [2.24, 2.45) is 0 Å². The standard InChI is InChI=1S/C10H17NO6S/c1-4-6-11(7-9(12)17-5-2)18(14,15)8-10(13)16-3/h4H,1,5-8H2,2-3H3. The highest BCUT2D eigenvalue weighted by molar-refractivity contribution is 7.89. The Kier molecular flexibility index (Phi) is 7.21. The Labute approximate surface area is 106 Å². The zero-order valence-electron chi connectivity index (χ0n) is 10.4. The molecule has 0 bridgehead atoms. The first kappa shape index (κ1) is 16.6. The van der Waals surface area contributed by atoms with E-state index in [9.17, 15) is 18.0 Å². The summed E-state index contributed by atoms with van der Waals surface area (Å²) < 4.78 is 33.3. The number of sulfonamides is 1. The normalized spacial score (nSPS) is 11.1. The summed E-state index contributed by atoms with van der Waals surface area (Å²) in [7, 11) is -2.84. The van der Waals surface area contributed by atoms with Crippen LogP contribution in [-0.2, 0) is 29.1 Å². The number of ether oxygens (including phenoxy) is 2. The molecule has 0 rings (SSSR count). The minimum absolute atomic E-state index is 0.0852. The topological polar surface area (TPSA) is 90.0 Å². The van der Waals surface area contributed by atoms with E-state index in [2.05, 4.69) is 16.1 Å². The summed E-state index contributed by atoms with van der Waals surface area (Å²) in [6.45, 7) is 4.61. The molecule has 0 aromatic heterocycles. The Morgan fingerprint density at radius 1 is 1.33 bits per heavy atom. The van der Waals surface area contributed by atoms with Crippen LogP contribution in [0.1, 0.15) is 6.92 Å². The first-order valence-corrected chi connectivity index (χ1v) is 6.79. The molecule has 0 saturated carbocycles. The smallest absolute Gasteiger partial charge is 0.322 e. The van der Waals surface area contributed by atoms with Crippen LogP contribution in [0.5, 0.6) is 0 Å². The number of hydrogen-bond donors (Lipinski definition) is 0. The van der Waals surface area contributed by atoms with Crippen LogP contribution in [0.4, 0.5) is 0 Å². The largest absolute Gasteiger partial charge is 0.468 e. The molecule has 7 nitrogen and oxygen atoms in total. The lowest BCUT2D eigenvalue weighted by Crippen LogP contribution is -2.39. The molecule has 0 spiro atoms. The van der Waals surface area contributed by atoms with Gasteiger partial charge in [-0.15, -0.1) is 6.58 Å². The second-order valence-electron chi connectivity index (χ2n) is 3.22. The summed E-state index contributed by atoms with van der Waals surface area (Å²) in [5, 5.41) is 0. The Morgan fingerprint density at radius 2 is 1.94 bits per heavy atom. The molecule has 0 heterocycles. The van der Waals surface area contributed by atoms with Crippen molar-refractivity contribution in [2.45, 2.75) is 6.92 Å². The van der Waals surface area contributed by atoms with Gasteiger partial charge in [0, 0.05) is 6.54 Å². The molecule has 18 heavy (non-hydrogen) atoms. The minimum Gasteiger partial charge on any atom is -0.468 e. The second kappa shape index (κ2) is 7.83.